The molecule has 1 saturated heterocycles. The molecule has 2 unspecified atom stereocenters. The van der Waals surface area contributed by atoms with Gasteiger partial charge in [0.2, 0.25) is 0 Å². The van der Waals surface area contributed by atoms with Crippen LogP contribution in [0.15, 0.2) is 29.3 Å². The first-order chi connectivity index (χ1) is 11.4. The molecule has 0 radical (unpaired) electrons. The van der Waals surface area contributed by atoms with Gasteiger partial charge in [0.1, 0.15) is 5.75 Å². The van der Waals surface area contributed by atoms with Crippen molar-refractivity contribution in [1.82, 2.24) is 10.6 Å². The van der Waals surface area contributed by atoms with Gasteiger partial charge in [-0.2, -0.15) is 0 Å². The first-order valence-electron chi connectivity index (χ1n) is 8.01. The molecule has 1 aliphatic rings. The van der Waals surface area contributed by atoms with E-state index in [1.54, 1.807) is 13.2 Å². The summed E-state index contributed by atoms with van der Waals surface area (Å²) in [6.45, 7) is 2.75. The summed E-state index contributed by atoms with van der Waals surface area (Å²) in [4.78, 5) is 4.37. The molecular weight excluding hydrogens is 457 g/mol. The number of guanidine groups is 1. The number of benzene rings is 1. The Hall–Kier alpha value is -1.07. The Morgan fingerprint density at radius 2 is 2.24 bits per heavy atom. The van der Waals surface area contributed by atoms with Crippen molar-refractivity contribution < 1.29 is 18.3 Å². The quantitative estimate of drug-likeness (QED) is 0.318. The maximum absolute atomic E-state index is 11.5. The van der Waals surface area contributed by atoms with Crippen molar-refractivity contribution in [3.63, 3.8) is 0 Å². The van der Waals surface area contributed by atoms with Gasteiger partial charge in [-0.25, -0.2) is 8.42 Å². The predicted molar refractivity (Wildman–Crippen MR) is 110 cm³/mol. The van der Waals surface area contributed by atoms with Gasteiger partial charge in [0, 0.05) is 12.6 Å². The standard InChI is InChI=1S/C16H25N3O4S.HI/c1-3-17-16(19-13-7-8-24(21,22)11-13)18-10-15(20)12-5-4-6-14(9-12)23-2;/h4-6,9,13,15,20H,3,7-8,10-11H2,1-2H3,(H2,17,18,19);1H. The number of rotatable bonds is 6. The van der Waals surface area contributed by atoms with Crippen LogP contribution in [0.4, 0.5) is 0 Å². The third kappa shape index (κ3) is 6.98. The van der Waals surface area contributed by atoms with E-state index in [1.165, 1.54) is 0 Å². The lowest BCUT2D eigenvalue weighted by atomic mass is 10.1. The van der Waals surface area contributed by atoms with Gasteiger partial charge in [-0.1, -0.05) is 12.1 Å². The monoisotopic (exact) mass is 483 g/mol. The Morgan fingerprint density at radius 1 is 1.48 bits per heavy atom. The molecule has 2 rings (SSSR count). The van der Waals surface area contributed by atoms with E-state index < -0.39 is 15.9 Å². The van der Waals surface area contributed by atoms with E-state index in [2.05, 4.69) is 15.6 Å². The van der Waals surface area contributed by atoms with Crippen molar-refractivity contribution in [2.24, 2.45) is 4.99 Å². The molecule has 0 saturated carbocycles. The number of aliphatic imine (C=N–C) groups is 1. The summed E-state index contributed by atoms with van der Waals surface area (Å²) < 4.78 is 28.2. The number of hydrogen-bond donors (Lipinski definition) is 3. The van der Waals surface area contributed by atoms with Crippen LogP contribution in [0.3, 0.4) is 0 Å². The van der Waals surface area contributed by atoms with Gasteiger partial charge in [0.15, 0.2) is 15.8 Å². The minimum atomic E-state index is -2.95. The van der Waals surface area contributed by atoms with Crippen LogP contribution in [0.1, 0.15) is 25.0 Å². The van der Waals surface area contributed by atoms with Gasteiger partial charge in [0.25, 0.3) is 0 Å². The van der Waals surface area contributed by atoms with Crippen molar-refractivity contribution >= 4 is 39.8 Å². The lowest BCUT2D eigenvalue weighted by Gasteiger charge is -2.17. The Kier molecular flexibility index (Phi) is 8.94. The second-order valence-corrected chi connectivity index (χ2v) is 7.99. The summed E-state index contributed by atoms with van der Waals surface area (Å²) in [5.41, 5.74) is 0.720. The van der Waals surface area contributed by atoms with E-state index >= 15 is 0 Å². The molecule has 2 atom stereocenters. The van der Waals surface area contributed by atoms with Crippen LogP contribution < -0.4 is 15.4 Å². The fourth-order valence-corrected chi connectivity index (χ4v) is 4.23. The Balaban J connectivity index is 0.00000312. The maximum Gasteiger partial charge on any atom is 0.191 e. The van der Waals surface area contributed by atoms with E-state index in [0.717, 1.165) is 5.56 Å². The zero-order chi connectivity index (χ0) is 17.6. The van der Waals surface area contributed by atoms with E-state index in [4.69, 9.17) is 4.74 Å². The van der Waals surface area contributed by atoms with Crippen molar-refractivity contribution in [2.45, 2.75) is 25.5 Å². The SMILES string of the molecule is CCNC(=NCC(O)c1cccc(OC)c1)NC1CCS(=O)(=O)C1.I. The molecule has 0 bridgehead atoms. The number of ether oxygens (including phenoxy) is 1. The second-order valence-electron chi connectivity index (χ2n) is 5.76. The molecule has 0 aliphatic carbocycles. The summed E-state index contributed by atoms with van der Waals surface area (Å²) >= 11 is 0. The predicted octanol–water partition coefficient (Wildman–Crippen LogP) is 1.09. The summed E-state index contributed by atoms with van der Waals surface area (Å²) in [7, 11) is -1.37. The summed E-state index contributed by atoms with van der Waals surface area (Å²) in [6.07, 6.45) is -0.187. The molecular formula is C16H26IN3O4S. The molecule has 1 fully saturated rings. The highest BCUT2D eigenvalue weighted by Gasteiger charge is 2.28. The molecule has 142 valence electrons. The molecule has 9 heteroatoms. The molecule has 0 spiro atoms. The lowest BCUT2D eigenvalue weighted by Crippen LogP contribution is -2.44. The average Bonchev–Trinajstić information content (AvgIpc) is 2.91. The van der Waals surface area contributed by atoms with Crippen molar-refractivity contribution in [1.29, 1.82) is 0 Å². The number of halogens is 1. The van der Waals surface area contributed by atoms with E-state index in [0.29, 0.717) is 24.7 Å². The highest BCUT2D eigenvalue weighted by atomic mass is 127. The molecule has 7 nitrogen and oxygen atoms in total. The zero-order valence-corrected chi connectivity index (χ0v) is 17.6. The topological polar surface area (TPSA) is 100 Å². The van der Waals surface area contributed by atoms with Crippen LogP contribution >= 0.6 is 24.0 Å². The smallest absolute Gasteiger partial charge is 0.191 e. The number of aliphatic hydroxyl groups is 1. The van der Waals surface area contributed by atoms with Crippen LogP contribution in [-0.2, 0) is 9.84 Å². The zero-order valence-electron chi connectivity index (χ0n) is 14.4. The number of nitrogens with zero attached hydrogens (tertiary/aromatic N) is 1. The Morgan fingerprint density at radius 3 is 2.84 bits per heavy atom. The van der Waals surface area contributed by atoms with Gasteiger partial charge in [-0.15, -0.1) is 24.0 Å². The average molecular weight is 483 g/mol. The normalized spacial score (nSPS) is 20.4. The van der Waals surface area contributed by atoms with Gasteiger partial charge < -0.3 is 20.5 Å². The second kappa shape index (κ2) is 10.2. The van der Waals surface area contributed by atoms with E-state index in [9.17, 15) is 13.5 Å². The maximum atomic E-state index is 11.5. The van der Waals surface area contributed by atoms with Gasteiger partial charge in [-0.05, 0) is 31.0 Å². The summed E-state index contributed by atoms with van der Waals surface area (Å²) in [5, 5.41) is 16.5. The molecule has 0 amide bonds. The van der Waals surface area contributed by atoms with Gasteiger partial charge in [-0.3, -0.25) is 4.99 Å². The van der Waals surface area contributed by atoms with Crippen molar-refractivity contribution in [3.8, 4) is 5.75 Å². The first kappa shape index (κ1) is 22.0. The molecule has 1 aliphatic heterocycles. The molecule has 25 heavy (non-hydrogen) atoms. The fourth-order valence-electron chi connectivity index (χ4n) is 2.55. The van der Waals surface area contributed by atoms with Crippen LogP contribution in [0.2, 0.25) is 0 Å². The minimum Gasteiger partial charge on any atom is -0.497 e. The van der Waals surface area contributed by atoms with Crippen molar-refractivity contribution in [3.05, 3.63) is 29.8 Å². The van der Waals surface area contributed by atoms with Crippen LogP contribution in [0.5, 0.6) is 5.75 Å². The number of hydrogen-bond acceptors (Lipinski definition) is 5. The fraction of sp³-hybridized carbons (Fsp3) is 0.562. The number of methoxy groups -OCH3 is 1. The molecule has 1 aromatic carbocycles. The lowest BCUT2D eigenvalue weighted by molar-refractivity contribution is 0.186. The van der Waals surface area contributed by atoms with Crippen LogP contribution in [-0.4, -0.2) is 57.2 Å². The molecule has 0 aromatic heterocycles. The third-order valence-electron chi connectivity index (χ3n) is 3.82. The Labute approximate surface area is 166 Å². The van der Waals surface area contributed by atoms with Crippen LogP contribution in [0.25, 0.3) is 0 Å². The molecule has 3 N–H and O–H groups in total. The van der Waals surface area contributed by atoms with E-state index in [-0.39, 0.29) is 48.1 Å². The van der Waals surface area contributed by atoms with Crippen molar-refractivity contribution in [2.75, 3.05) is 31.7 Å². The summed E-state index contributed by atoms with van der Waals surface area (Å²) in [6, 6.07) is 7.07. The first-order valence-corrected chi connectivity index (χ1v) is 9.83. The van der Waals surface area contributed by atoms with Crippen LogP contribution in [0, 0.1) is 0 Å². The van der Waals surface area contributed by atoms with Gasteiger partial charge in [0.05, 0.1) is 31.3 Å². The number of aliphatic hydroxyl groups excluding tert-OH is 1. The number of nitrogens with one attached hydrogen (secondary N) is 2. The molecule has 1 aromatic rings. The molecule has 1 heterocycles. The van der Waals surface area contributed by atoms with Gasteiger partial charge >= 0.3 is 0 Å². The summed E-state index contributed by atoms with van der Waals surface area (Å²) in [5.74, 6) is 1.52. The highest BCUT2D eigenvalue weighted by molar-refractivity contribution is 14.0. The minimum absolute atomic E-state index is 0. The Bertz CT molecular complexity index is 682. The number of sulfone groups is 1. The highest BCUT2D eigenvalue weighted by Crippen LogP contribution is 2.19. The van der Waals surface area contributed by atoms with E-state index in [1.807, 2.05) is 25.1 Å². The largest absolute Gasteiger partial charge is 0.497 e. The third-order valence-corrected chi connectivity index (χ3v) is 5.59.